The van der Waals surface area contributed by atoms with Gasteiger partial charge in [0.25, 0.3) is 0 Å². The van der Waals surface area contributed by atoms with Crippen molar-refractivity contribution in [2.24, 2.45) is 0 Å². The van der Waals surface area contributed by atoms with Crippen molar-refractivity contribution in [3.05, 3.63) is 212 Å². The van der Waals surface area contributed by atoms with E-state index in [1.807, 2.05) is 60.7 Å². The van der Waals surface area contributed by atoms with E-state index in [0.29, 0.717) is 17.5 Å². The molecule has 60 heavy (non-hydrogen) atoms. The Bertz CT molecular complexity index is 3530. The van der Waals surface area contributed by atoms with Gasteiger partial charge in [0.15, 0.2) is 17.5 Å². The summed E-state index contributed by atoms with van der Waals surface area (Å²) in [6.07, 6.45) is 0. The summed E-state index contributed by atoms with van der Waals surface area (Å²) in [7, 11) is 0. The van der Waals surface area contributed by atoms with Gasteiger partial charge in [-0.15, -0.1) is 0 Å². The first-order valence-corrected chi connectivity index (χ1v) is 20.3. The Hall–Kier alpha value is -8.15. The van der Waals surface area contributed by atoms with E-state index in [0.717, 1.165) is 49.9 Å². The molecule has 0 fully saturated rings. The standard InChI is InChI=1S/C55H35N5/c1-4-15-36(16-5-1)40-21-14-22-43(34-40)60-48-25-12-10-23-45(48)46-31-32-50-51(52(46)60)47-24-11-13-26-49(47)59(50)44-30-29-37-27-28-41(33-42(37)35-44)55-57-53(38-17-6-2-7-18-38)56-54(58-55)39-19-8-3-9-20-39/h1-35H. The van der Waals surface area contributed by atoms with Crippen LogP contribution in [0.4, 0.5) is 0 Å². The van der Waals surface area contributed by atoms with Crippen molar-refractivity contribution in [3.8, 4) is 56.7 Å². The summed E-state index contributed by atoms with van der Waals surface area (Å²) in [5.74, 6) is 1.93. The number of para-hydroxylation sites is 2. The molecule has 5 nitrogen and oxygen atoms in total. The molecule has 0 saturated carbocycles. The van der Waals surface area contributed by atoms with Gasteiger partial charge in [0.1, 0.15) is 0 Å². The normalized spacial score (nSPS) is 11.7. The summed E-state index contributed by atoms with van der Waals surface area (Å²) in [6, 6.07) is 75.2. The fraction of sp³-hybridized carbons (Fsp3) is 0. The first-order chi connectivity index (χ1) is 29.7. The van der Waals surface area contributed by atoms with Gasteiger partial charge in [0.2, 0.25) is 0 Å². The summed E-state index contributed by atoms with van der Waals surface area (Å²) < 4.78 is 4.88. The van der Waals surface area contributed by atoms with Crippen LogP contribution in [-0.4, -0.2) is 24.1 Å². The van der Waals surface area contributed by atoms with Crippen molar-refractivity contribution in [1.29, 1.82) is 0 Å². The molecule has 0 atom stereocenters. The lowest BCUT2D eigenvalue weighted by Gasteiger charge is -2.12. The third-order valence-electron chi connectivity index (χ3n) is 11.7. The van der Waals surface area contributed by atoms with Gasteiger partial charge < -0.3 is 9.13 Å². The summed E-state index contributed by atoms with van der Waals surface area (Å²) in [4.78, 5) is 15.0. The second-order valence-corrected chi connectivity index (χ2v) is 15.3. The summed E-state index contributed by atoms with van der Waals surface area (Å²) in [5, 5.41) is 7.15. The van der Waals surface area contributed by atoms with Crippen molar-refractivity contribution >= 4 is 54.4 Å². The Labute approximate surface area is 346 Å². The lowest BCUT2D eigenvalue weighted by Crippen LogP contribution is -2.00. The van der Waals surface area contributed by atoms with E-state index in [-0.39, 0.29) is 0 Å². The molecular weight excluding hydrogens is 731 g/mol. The fourth-order valence-electron chi connectivity index (χ4n) is 8.96. The predicted molar refractivity (Wildman–Crippen MR) is 248 cm³/mol. The van der Waals surface area contributed by atoms with Gasteiger partial charge >= 0.3 is 0 Å². The summed E-state index contributed by atoms with van der Waals surface area (Å²) >= 11 is 0. The Morgan fingerprint density at radius 2 is 0.833 bits per heavy atom. The highest BCUT2D eigenvalue weighted by molar-refractivity contribution is 6.26. The van der Waals surface area contributed by atoms with Crippen molar-refractivity contribution < 1.29 is 0 Å². The van der Waals surface area contributed by atoms with Gasteiger partial charge in [-0.2, -0.15) is 0 Å². The smallest absolute Gasteiger partial charge is 0.164 e. The minimum absolute atomic E-state index is 0.637. The SMILES string of the molecule is c1ccc(-c2cccc(-n3c4ccccc4c4ccc5c(c6ccccc6n5-c5ccc6ccc(-c7nc(-c8ccccc8)nc(-c8ccccc8)n7)cc6c5)c43)c2)cc1. The summed E-state index contributed by atoms with van der Waals surface area (Å²) in [6.45, 7) is 0. The molecule has 0 bridgehead atoms. The van der Waals surface area contributed by atoms with Crippen molar-refractivity contribution in [3.63, 3.8) is 0 Å². The van der Waals surface area contributed by atoms with Gasteiger partial charge in [0.05, 0.1) is 22.1 Å². The van der Waals surface area contributed by atoms with E-state index >= 15 is 0 Å². The van der Waals surface area contributed by atoms with Crippen LogP contribution in [0.2, 0.25) is 0 Å². The molecule has 12 aromatic rings. The van der Waals surface area contributed by atoms with Crippen LogP contribution in [0, 0.1) is 0 Å². The molecule has 0 amide bonds. The van der Waals surface area contributed by atoms with Crippen LogP contribution in [-0.2, 0) is 0 Å². The fourth-order valence-corrected chi connectivity index (χ4v) is 8.96. The van der Waals surface area contributed by atoms with Crippen LogP contribution in [0.5, 0.6) is 0 Å². The average Bonchev–Trinajstić information content (AvgIpc) is 3.85. The molecule has 9 aromatic carbocycles. The molecule has 0 unspecified atom stereocenters. The molecule has 0 aliphatic carbocycles. The van der Waals surface area contributed by atoms with Gasteiger partial charge in [-0.1, -0.05) is 164 Å². The summed E-state index contributed by atoms with van der Waals surface area (Å²) in [5.41, 5.74) is 12.1. The number of fused-ring (bicyclic) bond motifs is 8. The number of aromatic nitrogens is 5. The minimum atomic E-state index is 0.637. The molecule has 0 radical (unpaired) electrons. The lowest BCUT2D eigenvalue weighted by atomic mass is 10.0. The zero-order valence-electron chi connectivity index (χ0n) is 32.4. The maximum atomic E-state index is 5.03. The highest BCUT2D eigenvalue weighted by Crippen LogP contribution is 2.42. The monoisotopic (exact) mass is 765 g/mol. The van der Waals surface area contributed by atoms with Crippen LogP contribution in [0.3, 0.4) is 0 Å². The second-order valence-electron chi connectivity index (χ2n) is 15.3. The highest BCUT2D eigenvalue weighted by atomic mass is 15.0. The number of benzene rings is 9. The topological polar surface area (TPSA) is 48.5 Å². The number of rotatable bonds is 6. The van der Waals surface area contributed by atoms with Crippen molar-refractivity contribution in [2.75, 3.05) is 0 Å². The van der Waals surface area contributed by atoms with Crippen LogP contribution < -0.4 is 0 Å². The minimum Gasteiger partial charge on any atom is -0.309 e. The van der Waals surface area contributed by atoms with Crippen LogP contribution in [0.25, 0.3) is 111 Å². The molecule has 5 heteroatoms. The lowest BCUT2D eigenvalue weighted by molar-refractivity contribution is 1.07. The van der Waals surface area contributed by atoms with Crippen LogP contribution in [0.15, 0.2) is 212 Å². The number of hydrogen-bond donors (Lipinski definition) is 0. The molecule has 12 rings (SSSR count). The highest BCUT2D eigenvalue weighted by Gasteiger charge is 2.21. The van der Waals surface area contributed by atoms with Crippen LogP contribution >= 0.6 is 0 Å². The number of nitrogens with zero attached hydrogens (tertiary/aromatic N) is 5. The second kappa shape index (κ2) is 13.8. The van der Waals surface area contributed by atoms with E-state index in [1.54, 1.807) is 0 Å². The first kappa shape index (κ1) is 33.9. The Morgan fingerprint density at radius 3 is 1.53 bits per heavy atom. The average molecular weight is 766 g/mol. The molecule has 0 N–H and O–H groups in total. The van der Waals surface area contributed by atoms with E-state index in [1.165, 1.54) is 43.7 Å². The molecule has 0 aliphatic rings. The van der Waals surface area contributed by atoms with E-state index in [9.17, 15) is 0 Å². The van der Waals surface area contributed by atoms with Crippen LogP contribution in [0.1, 0.15) is 0 Å². The Morgan fingerprint density at radius 1 is 0.283 bits per heavy atom. The zero-order valence-corrected chi connectivity index (χ0v) is 32.4. The number of hydrogen-bond acceptors (Lipinski definition) is 3. The van der Waals surface area contributed by atoms with Gasteiger partial charge in [-0.05, 0) is 70.4 Å². The molecular formula is C55H35N5. The van der Waals surface area contributed by atoms with E-state index in [2.05, 4.69) is 161 Å². The Kier molecular flexibility index (Phi) is 7.78. The largest absolute Gasteiger partial charge is 0.309 e. The predicted octanol–water partition coefficient (Wildman–Crippen LogP) is 13.9. The third kappa shape index (κ3) is 5.52. The molecule has 280 valence electrons. The van der Waals surface area contributed by atoms with Crippen molar-refractivity contribution in [1.82, 2.24) is 24.1 Å². The van der Waals surface area contributed by atoms with E-state index < -0.39 is 0 Å². The molecule has 0 saturated heterocycles. The van der Waals surface area contributed by atoms with Gasteiger partial charge in [-0.25, -0.2) is 15.0 Å². The maximum Gasteiger partial charge on any atom is 0.164 e. The zero-order chi connectivity index (χ0) is 39.6. The first-order valence-electron chi connectivity index (χ1n) is 20.3. The maximum absolute atomic E-state index is 5.03. The molecule has 0 aliphatic heterocycles. The Balaban J connectivity index is 1.06. The quantitative estimate of drug-likeness (QED) is 0.169. The van der Waals surface area contributed by atoms with Gasteiger partial charge in [0, 0.05) is 49.6 Å². The third-order valence-corrected chi connectivity index (χ3v) is 11.7. The molecule has 3 heterocycles. The van der Waals surface area contributed by atoms with Crippen molar-refractivity contribution in [2.45, 2.75) is 0 Å². The molecule has 0 spiro atoms. The van der Waals surface area contributed by atoms with E-state index in [4.69, 9.17) is 15.0 Å². The van der Waals surface area contributed by atoms with Gasteiger partial charge in [-0.3, -0.25) is 0 Å². The molecule has 3 aromatic heterocycles.